The molecule has 0 bridgehead atoms. The van der Waals surface area contributed by atoms with Crippen LogP contribution in [0.25, 0.3) is 16.2 Å². The average Bonchev–Trinajstić information content (AvgIpc) is 3.45. The Kier molecular flexibility index (Phi) is 7.10. The number of nitrogens with one attached hydrogen (secondary N) is 1. The lowest BCUT2D eigenvalue weighted by Crippen LogP contribution is -2.35. The number of nitrogens with zero attached hydrogens (tertiary/aromatic N) is 1. The van der Waals surface area contributed by atoms with Crippen molar-refractivity contribution in [3.8, 4) is 5.75 Å². The number of carbonyl (C=O) groups is 1. The number of aliphatic hydroxyl groups is 2. The van der Waals surface area contributed by atoms with Gasteiger partial charge in [-0.3, -0.25) is 10.5 Å². The fourth-order valence-electron chi connectivity index (χ4n) is 4.66. The highest BCUT2D eigenvalue weighted by Crippen LogP contribution is 2.63. The number of benzene rings is 2. The standard InChI is InChI=1S/C18H21N2OP.C8H11NO3/c1-3-20(4-2)18(21)12-8-16-14-6-5-7-15-17(14)13(9-19-15)11-22(16)10-12;1-12-7-4-2-3-6(5-7)8(9,10)11/h5-9,12,19H,3-4,10-11H2,1-2H3;2-5,10-11H,9H2,1H3. The first kappa shape index (κ1) is 24.4. The van der Waals surface area contributed by atoms with Gasteiger partial charge >= 0.3 is 0 Å². The van der Waals surface area contributed by atoms with Gasteiger partial charge in [-0.15, -0.1) is 0 Å². The van der Waals surface area contributed by atoms with Crippen molar-refractivity contribution in [1.82, 2.24) is 9.88 Å². The van der Waals surface area contributed by atoms with Crippen LogP contribution in [0.3, 0.4) is 0 Å². The van der Waals surface area contributed by atoms with Gasteiger partial charge in [0.15, 0.2) is 0 Å². The van der Waals surface area contributed by atoms with Gasteiger partial charge in [0.2, 0.25) is 11.8 Å². The lowest BCUT2D eigenvalue weighted by atomic mass is 10.0. The first-order valence-corrected chi connectivity index (χ1v) is 13.2. The fraction of sp³-hybridized carbons (Fsp3) is 0.346. The monoisotopic (exact) mass is 481 g/mol. The third-order valence-corrected chi connectivity index (χ3v) is 9.06. The summed E-state index contributed by atoms with van der Waals surface area (Å²) in [7, 11) is 1.27. The number of aromatic amines is 1. The van der Waals surface area contributed by atoms with E-state index < -0.39 is 5.91 Å². The molecule has 180 valence electrons. The Balaban J connectivity index is 0.000000195. The molecule has 7 nitrogen and oxygen atoms in total. The molecule has 2 unspecified atom stereocenters. The van der Waals surface area contributed by atoms with Crippen molar-refractivity contribution >= 4 is 30.0 Å². The number of fused-ring (bicyclic) bond motifs is 2. The van der Waals surface area contributed by atoms with Gasteiger partial charge in [-0.1, -0.05) is 38.3 Å². The molecule has 2 aliphatic heterocycles. The highest BCUT2D eigenvalue weighted by molar-refractivity contribution is 7.68. The average molecular weight is 482 g/mol. The Morgan fingerprint density at radius 2 is 1.97 bits per heavy atom. The number of nitrogens with two attached hydrogens (primary N) is 1. The molecular formula is C26H32N3O4P. The third kappa shape index (κ3) is 4.75. The van der Waals surface area contributed by atoms with E-state index in [9.17, 15) is 4.79 Å². The normalized spacial score (nSPS) is 18.6. The molecule has 1 amide bonds. The molecule has 0 saturated heterocycles. The summed E-state index contributed by atoms with van der Waals surface area (Å²) in [4.78, 5) is 18.0. The maximum absolute atomic E-state index is 12.7. The van der Waals surface area contributed by atoms with Crippen LogP contribution in [-0.4, -0.2) is 52.4 Å². The Bertz CT molecular complexity index is 1210. The van der Waals surface area contributed by atoms with E-state index in [1.165, 1.54) is 46.6 Å². The summed E-state index contributed by atoms with van der Waals surface area (Å²) in [5.74, 6) is -1.36. The summed E-state index contributed by atoms with van der Waals surface area (Å²) in [6.07, 6.45) is 6.59. The Hall–Kier alpha value is -2.70. The molecule has 0 saturated carbocycles. The van der Waals surface area contributed by atoms with E-state index in [2.05, 4.69) is 49.3 Å². The van der Waals surface area contributed by atoms with E-state index in [0.29, 0.717) is 11.7 Å². The van der Waals surface area contributed by atoms with Crippen molar-refractivity contribution in [2.24, 2.45) is 11.7 Å². The maximum atomic E-state index is 12.7. The molecule has 5 N–H and O–H groups in total. The second-order valence-electron chi connectivity index (χ2n) is 8.55. The minimum Gasteiger partial charge on any atom is -0.497 e. The van der Waals surface area contributed by atoms with E-state index in [-0.39, 0.29) is 19.4 Å². The minimum absolute atomic E-state index is 0.0873. The number of rotatable bonds is 5. The number of methoxy groups -OCH3 is 1. The van der Waals surface area contributed by atoms with Crippen LogP contribution in [0.5, 0.6) is 5.75 Å². The third-order valence-electron chi connectivity index (χ3n) is 6.43. The van der Waals surface area contributed by atoms with E-state index in [4.69, 9.17) is 20.7 Å². The molecule has 2 atom stereocenters. The van der Waals surface area contributed by atoms with Crippen LogP contribution in [0, 0.1) is 5.92 Å². The lowest BCUT2D eigenvalue weighted by Gasteiger charge is -2.24. The molecule has 1 aromatic heterocycles. The highest BCUT2D eigenvalue weighted by atomic mass is 31.1. The zero-order chi connectivity index (χ0) is 24.5. The van der Waals surface area contributed by atoms with Crippen molar-refractivity contribution in [3.63, 3.8) is 0 Å². The topological polar surface area (TPSA) is 112 Å². The molecule has 34 heavy (non-hydrogen) atoms. The Labute approximate surface area is 201 Å². The number of hydrogen-bond donors (Lipinski definition) is 4. The van der Waals surface area contributed by atoms with E-state index in [1.54, 1.807) is 12.1 Å². The molecule has 0 aliphatic carbocycles. The Morgan fingerprint density at radius 1 is 1.24 bits per heavy atom. The first-order valence-electron chi connectivity index (χ1n) is 11.5. The van der Waals surface area contributed by atoms with Crippen molar-refractivity contribution in [3.05, 3.63) is 71.4 Å². The summed E-state index contributed by atoms with van der Waals surface area (Å²) in [5, 5.41) is 20.8. The summed E-state index contributed by atoms with van der Waals surface area (Å²) in [6.45, 7) is 5.74. The molecule has 0 radical (unpaired) electrons. The van der Waals surface area contributed by atoms with Crippen LogP contribution in [-0.2, 0) is 16.9 Å². The maximum Gasteiger partial charge on any atom is 0.248 e. The van der Waals surface area contributed by atoms with Crippen LogP contribution in [0.1, 0.15) is 30.5 Å². The Morgan fingerprint density at radius 3 is 2.65 bits per heavy atom. The number of H-pyrrole nitrogens is 1. The van der Waals surface area contributed by atoms with Crippen LogP contribution in [0.4, 0.5) is 0 Å². The second kappa shape index (κ2) is 9.88. The van der Waals surface area contributed by atoms with Crippen LogP contribution >= 0.6 is 7.92 Å². The fourth-order valence-corrected chi connectivity index (χ4v) is 7.48. The van der Waals surface area contributed by atoms with Crippen LogP contribution in [0.2, 0.25) is 0 Å². The molecule has 8 heteroatoms. The van der Waals surface area contributed by atoms with Gasteiger partial charge in [-0.05, 0) is 60.8 Å². The zero-order valence-electron chi connectivity index (χ0n) is 19.8. The summed E-state index contributed by atoms with van der Waals surface area (Å²) < 4.78 is 4.87. The van der Waals surface area contributed by atoms with Crippen molar-refractivity contribution in [2.75, 3.05) is 26.4 Å². The molecule has 0 spiro atoms. The molecule has 5 rings (SSSR count). The molecule has 3 heterocycles. The van der Waals surface area contributed by atoms with Gasteiger partial charge < -0.3 is 24.8 Å². The van der Waals surface area contributed by atoms with Gasteiger partial charge in [-0.2, -0.15) is 0 Å². The minimum atomic E-state index is -2.30. The predicted molar refractivity (Wildman–Crippen MR) is 136 cm³/mol. The van der Waals surface area contributed by atoms with Gasteiger partial charge in [0.25, 0.3) is 0 Å². The van der Waals surface area contributed by atoms with Crippen molar-refractivity contribution in [2.45, 2.75) is 25.9 Å². The first-order chi connectivity index (χ1) is 16.3. The summed E-state index contributed by atoms with van der Waals surface area (Å²) >= 11 is 0. The largest absolute Gasteiger partial charge is 0.497 e. The molecule has 2 aromatic carbocycles. The number of aromatic nitrogens is 1. The van der Waals surface area contributed by atoms with E-state index >= 15 is 0 Å². The smallest absolute Gasteiger partial charge is 0.248 e. The second-order valence-corrected chi connectivity index (χ2v) is 10.8. The summed E-state index contributed by atoms with van der Waals surface area (Å²) in [5.41, 5.74) is 9.25. The number of amides is 1. The van der Waals surface area contributed by atoms with E-state index in [1.807, 2.05) is 4.90 Å². The molecule has 0 fully saturated rings. The van der Waals surface area contributed by atoms with E-state index in [0.717, 1.165) is 25.4 Å². The zero-order valence-corrected chi connectivity index (χ0v) is 20.7. The number of carbonyl (C=O) groups excluding carboxylic acids is 1. The molecule has 2 aliphatic rings. The van der Waals surface area contributed by atoms with Gasteiger partial charge in [0, 0.05) is 35.8 Å². The van der Waals surface area contributed by atoms with Gasteiger partial charge in [0.1, 0.15) is 5.75 Å². The lowest BCUT2D eigenvalue weighted by molar-refractivity contribution is -0.163. The number of ether oxygens (including phenoxy) is 1. The summed E-state index contributed by atoms with van der Waals surface area (Å²) in [6, 6.07) is 12.8. The van der Waals surface area contributed by atoms with Gasteiger partial charge in [-0.25, -0.2) is 0 Å². The van der Waals surface area contributed by atoms with Crippen LogP contribution < -0.4 is 10.5 Å². The van der Waals surface area contributed by atoms with Gasteiger partial charge in [0.05, 0.1) is 13.0 Å². The molecule has 3 aromatic rings. The number of hydrogen-bond acceptors (Lipinski definition) is 5. The highest BCUT2D eigenvalue weighted by Gasteiger charge is 2.36. The quantitative estimate of drug-likeness (QED) is 0.328. The SMILES string of the molecule is CCN(CC)C(=O)C1C=C2c3cccc4[nH]cc(c34)CP2C1.COc1cccc(C(N)(O)O)c1. The molecular weight excluding hydrogens is 449 g/mol. The predicted octanol–water partition coefficient (Wildman–Crippen LogP) is 3.75. The van der Waals surface area contributed by atoms with Crippen molar-refractivity contribution in [1.29, 1.82) is 0 Å². The van der Waals surface area contributed by atoms with Crippen LogP contribution in [0.15, 0.2) is 54.7 Å². The van der Waals surface area contributed by atoms with Crippen molar-refractivity contribution < 1.29 is 19.7 Å².